The summed E-state index contributed by atoms with van der Waals surface area (Å²) in [5, 5.41) is 57.7. The van der Waals surface area contributed by atoms with Crippen LogP contribution in [0.2, 0.25) is 0 Å². The van der Waals surface area contributed by atoms with Crippen LogP contribution in [0, 0.1) is 0 Å². The average molecular weight is 424 g/mol. The molecule has 0 fully saturated rings. The van der Waals surface area contributed by atoms with E-state index in [0.717, 1.165) is 12.1 Å². The van der Waals surface area contributed by atoms with Crippen molar-refractivity contribution in [1.82, 2.24) is 0 Å². The van der Waals surface area contributed by atoms with Crippen LogP contribution in [0.5, 0.6) is 17.2 Å². The maximum Gasteiger partial charge on any atom is 0.339 e. The van der Waals surface area contributed by atoms with E-state index in [0.29, 0.717) is 11.1 Å². The molecule has 0 heterocycles. The highest BCUT2D eigenvalue weighted by atomic mass is 16.4. The van der Waals surface area contributed by atoms with Gasteiger partial charge in [0.25, 0.3) is 0 Å². The molecule has 158 valence electrons. The first-order valence-electron chi connectivity index (χ1n) is 8.79. The fourth-order valence-corrected chi connectivity index (χ4v) is 3.16. The molecule has 3 rings (SSSR count). The molecule has 0 saturated heterocycles. The molecule has 0 unspecified atom stereocenters. The molecule has 0 aliphatic carbocycles. The van der Waals surface area contributed by atoms with E-state index in [2.05, 4.69) is 0 Å². The van der Waals surface area contributed by atoms with E-state index in [-0.39, 0.29) is 28.7 Å². The van der Waals surface area contributed by atoms with E-state index in [1.54, 1.807) is 0 Å². The second-order valence-electron chi connectivity index (χ2n) is 6.72. The fraction of sp³-hybridized carbons (Fsp3) is 0.0455. The Morgan fingerprint density at radius 2 is 1.23 bits per heavy atom. The molecule has 3 aromatic carbocycles. The summed E-state index contributed by atoms with van der Waals surface area (Å²) in [6.45, 7) is 0. The largest absolute Gasteiger partial charge is 0.507 e. The Balaban J connectivity index is 2.12. The van der Waals surface area contributed by atoms with Crippen LogP contribution in [0.25, 0.3) is 11.1 Å². The van der Waals surface area contributed by atoms with Gasteiger partial charge in [-0.25, -0.2) is 14.4 Å². The topological polar surface area (TPSA) is 173 Å². The zero-order valence-corrected chi connectivity index (χ0v) is 15.7. The molecular weight excluding hydrogens is 408 g/mol. The van der Waals surface area contributed by atoms with Crippen LogP contribution in [0.3, 0.4) is 0 Å². The molecule has 9 heteroatoms. The van der Waals surface area contributed by atoms with E-state index >= 15 is 0 Å². The summed E-state index contributed by atoms with van der Waals surface area (Å²) in [5.41, 5.74) is -0.0132. The Hall–Kier alpha value is -4.53. The first-order valence-corrected chi connectivity index (χ1v) is 8.79. The minimum absolute atomic E-state index is 0.0411. The van der Waals surface area contributed by atoms with Crippen LogP contribution in [0.15, 0.2) is 48.5 Å². The molecule has 0 saturated carbocycles. The maximum atomic E-state index is 11.6. The van der Waals surface area contributed by atoms with E-state index in [1.165, 1.54) is 36.4 Å². The summed E-state index contributed by atoms with van der Waals surface area (Å²) in [6.07, 6.45) is 0.0767. The van der Waals surface area contributed by atoms with Crippen LogP contribution in [0.1, 0.15) is 42.2 Å². The Morgan fingerprint density at radius 1 is 0.613 bits per heavy atom. The zero-order valence-electron chi connectivity index (χ0n) is 15.7. The summed E-state index contributed by atoms with van der Waals surface area (Å²) in [7, 11) is 0. The molecule has 3 aromatic rings. The highest BCUT2D eigenvalue weighted by Gasteiger charge is 2.19. The van der Waals surface area contributed by atoms with Crippen LogP contribution in [-0.4, -0.2) is 48.5 Å². The van der Waals surface area contributed by atoms with Gasteiger partial charge in [-0.15, -0.1) is 0 Å². The highest BCUT2D eigenvalue weighted by molar-refractivity contribution is 5.96. The van der Waals surface area contributed by atoms with Gasteiger partial charge >= 0.3 is 17.9 Å². The summed E-state index contributed by atoms with van der Waals surface area (Å²) in [6, 6.07) is 10.1. The smallest absolute Gasteiger partial charge is 0.339 e. The lowest BCUT2D eigenvalue weighted by molar-refractivity contribution is 0.0682. The predicted molar refractivity (Wildman–Crippen MR) is 107 cm³/mol. The van der Waals surface area contributed by atoms with E-state index in [4.69, 9.17) is 10.2 Å². The first kappa shape index (κ1) is 21.2. The Bertz CT molecular complexity index is 1230. The molecule has 0 bridgehead atoms. The number of carboxylic acid groups (broad SMARTS) is 3. The third kappa shape index (κ3) is 4.25. The number of hydrogen-bond acceptors (Lipinski definition) is 6. The molecule has 0 spiro atoms. The van der Waals surface area contributed by atoms with Crippen LogP contribution < -0.4 is 0 Å². The van der Waals surface area contributed by atoms with Gasteiger partial charge in [0.1, 0.15) is 33.9 Å². The Labute approximate surface area is 174 Å². The molecule has 9 nitrogen and oxygen atoms in total. The van der Waals surface area contributed by atoms with E-state index < -0.39 is 40.7 Å². The summed E-state index contributed by atoms with van der Waals surface area (Å²) >= 11 is 0. The number of phenols is 3. The second kappa shape index (κ2) is 8.07. The molecule has 0 aliphatic heterocycles. The first-order chi connectivity index (χ1) is 14.6. The van der Waals surface area contributed by atoms with Crippen molar-refractivity contribution in [2.75, 3.05) is 0 Å². The van der Waals surface area contributed by atoms with Gasteiger partial charge < -0.3 is 30.6 Å². The van der Waals surface area contributed by atoms with Gasteiger partial charge in [0.05, 0.1) is 0 Å². The van der Waals surface area contributed by atoms with Crippen molar-refractivity contribution in [3.05, 3.63) is 76.3 Å². The van der Waals surface area contributed by atoms with Gasteiger partial charge in [0, 0.05) is 5.56 Å². The fourth-order valence-electron chi connectivity index (χ4n) is 3.16. The van der Waals surface area contributed by atoms with Crippen molar-refractivity contribution >= 4 is 17.9 Å². The minimum Gasteiger partial charge on any atom is -0.507 e. The lowest BCUT2D eigenvalue weighted by atomic mass is 9.94. The quantitative estimate of drug-likeness (QED) is 0.347. The summed E-state index contributed by atoms with van der Waals surface area (Å²) < 4.78 is 0. The van der Waals surface area contributed by atoms with Crippen LogP contribution >= 0.6 is 0 Å². The maximum absolute atomic E-state index is 11.6. The van der Waals surface area contributed by atoms with Crippen molar-refractivity contribution in [1.29, 1.82) is 0 Å². The lowest BCUT2D eigenvalue weighted by Crippen LogP contribution is -2.02. The molecule has 0 amide bonds. The number of aromatic hydroxyl groups is 3. The Morgan fingerprint density at radius 3 is 1.81 bits per heavy atom. The third-order valence-electron chi connectivity index (χ3n) is 4.64. The van der Waals surface area contributed by atoms with Gasteiger partial charge in [-0.1, -0.05) is 12.1 Å². The van der Waals surface area contributed by atoms with Crippen molar-refractivity contribution < 1.29 is 45.0 Å². The van der Waals surface area contributed by atoms with Crippen LogP contribution in [0.4, 0.5) is 0 Å². The molecule has 6 N–H and O–H groups in total. The number of carbonyl (C=O) groups is 3. The zero-order chi connectivity index (χ0) is 22.9. The number of rotatable bonds is 6. The van der Waals surface area contributed by atoms with Gasteiger partial charge in [0.15, 0.2) is 0 Å². The lowest BCUT2D eigenvalue weighted by Gasteiger charge is -2.13. The number of hydrogen-bond donors (Lipinski definition) is 6. The van der Waals surface area contributed by atoms with Gasteiger partial charge in [0.2, 0.25) is 0 Å². The van der Waals surface area contributed by atoms with E-state index in [9.17, 15) is 34.8 Å². The van der Waals surface area contributed by atoms with Crippen molar-refractivity contribution in [2.24, 2.45) is 0 Å². The summed E-state index contributed by atoms with van der Waals surface area (Å²) in [5.74, 6) is -5.64. The number of benzene rings is 3. The molecular formula is C22H16O9. The summed E-state index contributed by atoms with van der Waals surface area (Å²) in [4.78, 5) is 33.9. The standard InChI is InChI=1S/C22H16O9/c23-17-4-1-10(6-15(17)21(28)29)5-11-7-14(19(25)16(8-11)22(30)31)12-2-3-13(20(26)27)18(24)9-12/h1-4,6-9,23-25H,5H2,(H,26,27)(H,28,29)(H,30,31). The Kier molecular flexibility index (Phi) is 5.52. The van der Waals surface area contributed by atoms with Crippen LogP contribution in [-0.2, 0) is 6.42 Å². The second-order valence-corrected chi connectivity index (χ2v) is 6.72. The minimum atomic E-state index is -1.41. The van der Waals surface area contributed by atoms with Gasteiger partial charge in [-0.05, 0) is 59.5 Å². The van der Waals surface area contributed by atoms with Gasteiger partial charge in [-0.2, -0.15) is 0 Å². The predicted octanol–water partition coefficient (Wildman–Crippen LogP) is 3.16. The van der Waals surface area contributed by atoms with Crippen molar-refractivity contribution in [2.45, 2.75) is 6.42 Å². The monoisotopic (exact) mass is 424 g/mol. The molecule has 0 aromatic heterocycles. The molecule has 0 atom stereocenters. The third-order valence-corrected chi connectivity index (χ3v) is 4.64. The highest BCUT2D eigenvalue weighted by Crippen LogP contribution is 2.36. The molecule has 31 heavy (non-hydrogen) atoms. The van der Waals surface area contributed by atoms with E-state index in [1.807, 2.05) is 0 Å². The number of aromatic carboxylic acids is 3. The molecule has 0 aliphatic rings. The van der Waals surface area contributed by atoms with Crippen molar-refractivity contribution in [3.63, 3.8) is 0 Å². The average Bonchev–Trinajstić information content (AvgIpc) is 2.69. The molecule has 0 radical (unpaired) electrons. The van der Waals surface area contributed by atoms with Gasteiger partial charge in [-0.3, -0.25) is 0 Å². The number of carboxylic acids is 3. The SMILES string of the molecule is O=C(O)c1ccc(-c2cc(Cc3ccc(O)c(C(=O)O)c3)cc(C(=O)O)c2O)cc1O. The van der Waals surface area contributed by atoms with Crippen molar-refractivity contribution in [3.8, 4) is 28.4 Å². The normalized spacial score (nSPS) is 10.6.